The smallest absolute Gasteiger partial charge is 0.119 e. The van der Waals surface area contributed by atoms with Crippen LogP contribution in [0.3, 0.4) is 0 Å². The summed E-state index contributed by atoms with van der Waals surface area (Å²) in [5.41, 5.74) is 7.19. The third-order valence-electron chi connectivity index (χ3n) is 4.54. The van der Waals surface area contributed by atoms with Gasteiger partial charge < -0.3 is 9.47 Å². The second-order valence-corrected chi connectivity index (χ2v) is 6.14. The number of benzene rings is 3. The van der Waals surface area contributed by atoms with E-state index in [-0.39, 0.29) is 0 Å². The van der Waals surface area contributed by atoms with E-state index in [0.717, 1.165) is 11.3 Å². The highest BCUT2D eigenvalue weighted by atomic mass is 16.5. The number of methoxy groups -OCH3 is 1. The zero-order chi connectivity index (χ0) is 17.1. The van der Waals surface area contributed by atoms with Crippen LogP contribution in [0.4, 0.5) is 0 Å². The van der Waals surface area contributed by atoms with Crippen LogP contribution in [-0.4, -0.2) is 7.11 Å². The molecule has 0 spiro atoms. The Balaban J connectivity index is 1.95. The van der Waals surface area contributed by atoms with Gasteiger partial charge in [0.15, 0.2) is 0 Å². The molecular weight excluding hydrogens is 308 g/mol. The van der Waals surface area contributed by atoms with Crippen LogP contribution in [0.1, 0.15) is 27.8 Å². The molecule has 2 heteroatoms. The van der Waals surface area contributed by atoms with Crippen molar-refractivity contribution >= 4 is 11.6 Å². The molecule has 0 atom stereocenters. The van der Waals surface area contributed by atoms with E-state index >= 15 is 0 Å². The van der Waals surface area contributed by atoms with Gasteiger partial charge in [0.05, 0.1) is 20.3 Å². The average Bonchev–Trinajstić information content (AvgIpc) is 2.66. The Bertz CT molecular complexity index is 910. The van der Waals surface area contributed by atoms with Crippen molar-refractivity contribution in [1.82, 2.24) is 0 Å². The van der Waals surface area contributed by atoms with Crippen LogP contribution < -0.4 is 4.74 Å². The molecule has 124 valence electrons. The standard InChI is InChI=1S/C23H20O2/c1-24-20-11-12-22-19(14-20)16-25-15-18-9-5-6-10-21(18)23(22)13-17-7-3-2-4-8-17/h2-14H,15-16H2,1H3/b23-13-. The summed E-state index contributed by atoms with van der Waals surface area (Å²) in [5, 5.41) is 0. The molecule has 3 aromatic carbocycles. The van der Waals surface area contributed by atoms with Crippen LogP contribution in [-0.2, 0) is 18.0 Å². The number of hydrogen-bond acceptors (Lipinski definition) is 2. The van der Waals surface area contributed by atoms with Crippen LogP contribution in [0.25, 0.3) is 11.6 Å². The molecular formula is C23H20O2. The first-order valence-electron chi connectivity index (χ1n) is 8.45. The van der Waals surface area contributed by atoms with Gasteiger partial charge in [0.25, 0.3) is 0 Å². The minimum Gasteiger partial charge on any atom is -0.497 e. The predicted molar refractivity (Wildman–Crippen MR) is 101 cm³/mol. The van der Waals surface area contributed by atoms with E-state index in [4.69, 9.17) is 9.47 Å². The van der Waals surface area contributed by atoms with Crippen molar-refractivity contribution in [2.75, 3.05) is 7.11 Å². The summed E-state index contributed by atoms with van der Waals surface area (Å²) in [7, 11) is 1.70. The summed E-state index contributed by atoms with van der Waals surface area (Å²) in [6.07, 6.45) is 2.26. The van der Waals surface area contributed by atoms with Crippen molar-refractivity contribution in [2.24, 2.45) is 0 Å². The van der Waals surface area contributed by atoms with Gasteiger partial charge in [0, 0.05) is 0 Å². The molecule has 0 aliphatic carbocycles. The molecule has 0 unspecified atom stereocenters. The highest BCUT2D eigenvalue weighted by molar-refractivity contribution is 5.93. The minimum absolute atomic E-state index is 0.576. The first-order chi connectivity index (χ1) is 12.3. The molecule has 25 heavy (non-hydrogen) atoms. The van der Waals surface area contributed by atoms with Gasteiger partial charge in [-0.25, -0.2) is 0 Å². The Morgan fingerprint density at radius 1 is 0.800 bits per heavy atom. The van der Waals surface area contributed by atoms with Crippen molar-refractivity contribution < 1.29 is 9.47 Å². The van der Waals surface area contributed by atoms with Gasteiger partial charge in [-0.2, -0.15) is 0 Å². The topological polar surface area (TPSA) is 18.5 Å². The van der Waals surface area contributed by atoms with Crippen molar-refractivity contribution in [3.05, 3.63) is 101 Å². The fraction of sp³-hybridized carbons (Fsp3) is 0.130. The van der Waals surface area contributed by atoms with Gasteiger partial charge in [-0.05, 0) is 51.6 Å². The lowest BCUT2D eigenvalue weighted by Gasteiger charge is -2.21. The van der Waals surface area contributed by atoms with E-state index < -0.39 is 0 Å². The summed E-state index contributed by atoms with van der Waals surface area (Å²) in [4.78, 5) is 0. The number of fused-ring (bicyclic) bond motifs is 2. The molecule has 0 aromatic heterocycles. The largest absolute Gasteiger partial charge is 0.497 e. The van der Waals surface area contributed by atoms with Crippen LogP contribution in [0, 0.1) is 0 Å². The van der Waals surface area contributed by atoms with Gasteiger partial charge >= 0.3 is 0 Å². The van der Waals surface area contributed by atoms with E-state index in [9.17, 15) is 0 Å². The highest BCUT2D eigenvalue weighted by Gasteiger charge is 2.17. The van der Waals surface area contributed by atoms with Crippen LogP contribution in [0.2, 0.25) is 0 Å². The maximum Gasteiger partial charge on any atom is 0.119 e. The third-order valence-corrected chi connectivity index (χ3v) is 4.54. The predicted octanol–water partition coefficient (Wildman–Crippen LogP) is 5.31. The maximum atomic E-state index is 5.94. The molecule has 0 N–H and O–H groups in total. The van der Waals surface area contributed by atoms with E-state index in [1.54, 1.807) is 7.11 Å². The quantitative estimate of drug-likeness (QED) is 0.634. The normalized spacial score (nSPS) is 15.0. The first-order valence-corrected chi connectivity index (χ1v) is 8.45. The fourth-order valence-electron chi connectivity index (χ4n) is 3.28. The lowest BCUT2D eigenvalue weighted by Crippen LogP contribution is -2.06. The highest BCUT2D eigenvalue weighted by Crippen LogP contribution is 2.35. The molecule has 0 fully saturated rings. The van der Waals surface area contributed by atoms with E-state index in [0.29, 0.717) is 13.2 Å². The van der Waals surface area contributed by atoms with Gasteiger partial charge in [-0.3, -0.25) is 0 Å². The first kappa shape index (κ1) is 15.7. The molecule has 4 rings (SSSR count). The number of hydrogen-bond donors (Lipinski definition) is 0. The molecule has 0 radical (unpaired) electrons. The molecule has 1 aliphatic rings. The number of ether oxygens (including phenoxy) is 2. The zero-order valence-electron chi connectivity index (χ0n) is 14.2. The van der Waals surface area contributed by atoms with Gasteiger partial charge in [0.2, 0.25) is 0 Å². The molecule has 0 saturated heterocycles. The van der Waals surface area contributed by atoms with Crippen molar-refractivity contribution in [2.45, 2.75) is 13.2 Å². The average molecular weight is 328 g/mol. The summed E-state index contributed by atoms with van der Waals surface area (Å²) in [6.45, 7) is 1.19. The third kappa shape index (κ3) is 3.21. The minimum atomic E-state index is 0.576. The Labute approximate surface area is 148 Å². The summed E-state index contributed by atoms with van der Waals surface area (Å²) < 4.78 is 11.3. The van der Waals surface area contributed by atoms with E-state index in [1.807, 2.05) is 12.1 Å². The zero-order valence-corrected chi connectivity index (χ0v) is 14.2. The molecule has 2 nitrogen and oxygen atoms in total. The van der Waals surface area contributed by atoms with E-state index in [2.05, 4.69) is 66.7 Å². The Kier molecular flexibility index (Phi) is 4.36. The lowest BCUT2D eigenvalue weighted by atomic mass is 9.89. The van der Waals surface area contributed by atoms with Crippen molar-refractivity contribution in [3.8, 4) is 5.75 Å². The van der Waals surface area contributed by atoms with Crippen LogP contribution >= 0.6 is 0 Å². The SMILES string of the molecule is COc1ccc2c(c1)COCc1ccccc1/C2=C/c1ccccc1. The summed E-state index contributed by atoms with van der Waals surface area (Å²) in [6, 6.07) is 25.1. The molecule has 1 aliphatic heterocycles. The molecule has 3 aromatic rings. The molecule has 0 saturated carbocycles. The van der Waals surface area contributed by atoms with Crippen molar-refractivity contribution in [1.29, 1.82) is 0 Å². The summed E-state index contributed by atoms with van der Waals surface area (Å²) >= 11 is 0. The monoisotopic (exact) mass is 328 g/mol. The fourth-order valence-corrected chi connectivity index (χ4v) is 3.28. The molecule has 0 amide bonds. The van der Waals surface area contributed by atoms with Crippen LogP contribution in [0.15, 0.2) is 72.8 Å². The van der Waals surface area contributed by atoms with Crippen molar-refractivity contribution in [3.63, 3.8) is 0 Å². The molecule has 1 heterocycles. The summed E-state index contributed by atoms with van der Waals surface area (Å²) in [5.74, 6) is 0.857. The second-order valence-electron chi connectivity index (χ2n) is 6.14. The Morgan fingerprint density at radius 2 is 1.52 bits per heavy atom. The maximum absolute atomic E-state index is 5.94. The van der Waals surface area contributed by atoms with Gasteiger partial charge in [-0.15, -0.1) is 0 Å². The lowest BCUT2D eigenvalue weighted by molar-refractivity contribution is 0.106. The second kappa shape index (κ2) is 6.96. The Morgan fingerprint density at radius 3 is 2.36 bits per heavy atom. The number of rotatable bonds is 2. The Hall–Kier alpha value is -2.84. The van der Waals surface area contributed by atoms with Gasteiger partial charge in [0.1, 0.15) is 5.75 Å². The molecule has 0 bridgehead atoms. The van der Waals surface area contributed by atoms with E-state index in [1.165, 1.54) is 27.8 Å². The van der Waals surface area contributed by atoms with Crippen LogP contribution in [0.5, 0.6) is 5.75 Å². The van der Waals surface area contributed by atoms with Gasteiger partial charge in [-0.1, -0.05) is 60.7 Å².